The summed E-state index contributed by atoms with van der Waals surface area (Å²) in [4.78, 5) is 11.9. The smallest absolute Gasteiger partial charge is 0.237 e. The van der Waals surface area contributed by atoms with Gasteiger partial charge in [-0.2, -0.15) is 0 Å². The maximum Gasteiger partial charge on any atom is 0.237 e. The molecule has 1 aromatic rings. The van der Waals surface area contributed by atoms with Gasteiger partial charge in [0.1, 0.15) is 0 Å². The molecule has 1 aromatic carbocycles. The van der Waals surface area contributed by atoms with Crippen LogP contribution in [0.1, 0.15) is 24.0 Å². The quantitative estimate of drug-likeness (QED) is 0.836. The molecule has 0 saturated heterocycles. The lowest BCUT2D eigenvalue weighted by Gasteiger charge is -2.25. The van der Waals surface area contributed by atoms with E-state index in [0.29, 0.717) is 6.04 Å². The molecule has 1 saturated carbocycles. The van der Waals surface area contributed by atoms with E-state index in [4.69, 9.17) is 0 Å². The highest BCUT2D eigenvalue weighted by Crippen LogP contribution is 2.20. The Balaban J connectivity index is 0.00000108. The number of hydrogen-bond donors (Lipinski definition) is 2. The predicted molar refractivity (Wildman–Crippen MR) is 69.2 cm³/mol. The molecule has 0 aromatic heterocycles. The molecule has 0 unspecified atom stereocenters. The zero-order valence-electron chi connectivity index (χ0n) is 9.61. The van der Waals surface area contributed by atoms with Crippen LogP contribution < -0.4 is 10.6 Å². The van der Waals surface area contributed by atoms with E-state index in [1.165, 1.54) is 11.1 Å². The van der Waals surface area contributed by atoms with Gasteiger partial charge in [-0.05, 0) is 30.4 Å². The van der Waals surface area contributed by atoms with Gasteiger partial charge in [-0.3, -0.25) is 4.79 Å². The van der Waals surface area contributed by atoms with Crippen molar-refractivity contribution in [2.75, 3.05) is 0 Å². The topological polar surface area (TPSA) is 41.1 Å². The second-order valence-electron chi connectivity index (χ2n) is 4.69. The third-order valence-electron chi connectivity index (χ3n) is 3.32. The van der Waals surface area contributed by atoms with Crippen molar-refractivity contribution in [2.45, 2.75) is 37.9 Å². The number of nitrogens with one attached hydrogen (secondary N) is 2. The van der Waals surface area contributed by atoms with Gasteiger partial charge in [0, 0.05) is 12.6 Å². The van der Waals surface area contributed by atoms with Crippen LogP contribution in [-0.2, 0) is 17.8 Å². The highest BCUT2D eigenvalue weighted by molar-refractivity contribution is 5.85. The van der Waals surface area contributed by atoms with E-state index in [9.17, 15) is 4.79 Å². The Morgan fingerprint density at radius 3 is 2.65 bits per heavy atom. The Morgan fingerprint density at radius 2 is 1.94 bits per heavy atom. The standard InChI is InChI=1S/C13H16N2O.ClH/c16-13(15-11-5-6-11)12-7-9-3-1-2-4-10(9)8-14-12;/h1-4,11-12,14H,5-8H2,(H,15,16);1H/t12-;/m0./s1. The highest BCUT2D eigenvalue weighted by Gasteiger charge is 2.29. The number of carbonyl (C=O) groups is 1. The molecule has 4 heteroatoms. The van der Waals surface area contributed by atoms with Crippen LogP contribution in [0, 0.1) is 0 Å². The number of carbonyl (C=O) groups excluding carboxylic acids is 1. The molecular formula is C13H17ClN2O. The van der Waals surface area contributed by atoms with Gasteiger partial charge in [-0.25, -0.2) is 0 Å². The summed E-state index contributed by atoms with van der Waals surface area (Å²) in [5.41, 5.74) is 2.62. The van der Waals surface area contributed by atoms with Gasteiger partial charge in [-0.15, -0.1) is 12.4 Å². The van der Waals surface area contributed by atoms with E-state index in [1.54, 1.807) is 0 Å². The fourth-order valence-corrected chi connectivity index (χ4v) is 2.17. The van der Waals surface area contributed by atoms with Crippen molar-refractivity contribution in [3.8, 4) is 0 Å². The normalized spacial score (nSPS) is 22.2. The second-order valence-corrected chi connectivity index (χ2v) is 4.69. The van der Waals surface area contributed by atoms with Gasteiger partial charge in [0.15, 0.2) is 0 Å². The molecule has 1 amide bonds. The first-order valence-corrected chi connectivity index (χ1v) is 5.93. The van der Waals surface area contributed by atoms with Crippen molar-refractivity contribution in [1.29, 1.82) is 0 Å². The monoisotopic (exact) mass is 252 g/mol. The minimum atomic E-state index is -0.0458. The molecule has 3 rings (SSSR count). The van der Waals surface area contributed by atoms with Crippen molar-refractivity contribution >= 4 is 18.3 Å². The summed E-state index contributed by atoms with van der Waals surface area (Å²) in [6.45, 7) is 0.804. The summed E-state index contributed by atoms with van der Waals surface area (Å²) in [6.07, 6.45) is 3.11. The van der Waals surface area contributed by atoms with Gasteiger partial charge in [0.05, 0.1) is 6.04 Å². The largest absolute Gasteiger partial charge is 0.352 e. The summed E-state index contributed by atoms with van der Waals surface area (Å²) < 4.78 is 0. The molecule has 1 aliphatic carbocycles. The molecule has 1 heterocycles. The first-order valence-electron chi connectivity index (χ1n) is 5.93. The fraction of sp³-hybridized carbons (Fsp3) is 0.462. The van der Waals surface area contributed by atoms with Crippen molar-refractivity contribution in [2.24, 2.45) is 0 Å². The third kappa shape index (κ3) is 2.79. The lowest BCUT2D eigenvalue weighted by molar-refractivity contribution is -0.123. The second kappa shape index (κ2) is 5.07. The molecule has 2 aliphatic rings. The molecule has 0 radical (unpaired) electrons. The summed E-state index contributed by atoms with van der Waals surface area (Å²) >= 11 is 0. The molecule has 1 atom stereocenters. The molecule has 2 N–H and O–H groups in total. The van der Waals surface area contributed by atoms with Crippen LogP contribution in [0.4, 0.5) is 0 Å². The van der Waals surface area contributed by atoms with E-state index in [-0.39, 0.29) is 24.4 Å². The van der Waals surface area contributed by atoms with Gasteiger partial charge in [0.2, 0.25) is 5.91 Å². The minimum absolute atomic E-state index is 0. The zero-order valence-corrected chi connectivity index (χ0v) is 10.4. The molecule has 1 aliphatic heterocycles. The number of benzene rings is 1. The Labute approximate surface area is 107 Å². The zero-order chi connectivity index (χ0) is 11.0. The van der Waals surface area contributed by atoms with E-state index in [1.807, 2.05) is 12.1 Å². The van der Waals surface area contributed by atoms with Crippen LogP contribution in [0.2, 0.25) is 0 Å². The lowest BCUT2D eigenvalue weighted by Crippen LogP contribution is -2.48. The number of fused-ring (bicyclic) bond motifs is 1. The highest BCUT2D eigenvalue weighted by atomic mass is 35.5. The Bertz CT molecular complexity index is 418. The number of rotatable bonds is 2. The first-order chi connectivity index (χ1) is 7.83. The van der Waals surface area contributed by atoms with Crippen molar-refractivity contribution < 1.29 is 4.79 Å². The van der Waals surface area contributed by atoms with Crippen molar-refractivity contribution in [3.63, 3.8) is 0 Å². The van der Waals surface area contributed by atoms with Crippen LogP contribution in [0.3, 0.4) is 0 Å². The van der Waals surface area contributed by atoms with Gasteiger partial charge in [0.25, 0.3) is 0 Å². The summed E-state index contributed by atoms with van der Waals surface area (Å²) in [6, 6.07) is 8.73. The molecule has 92 valence electrons. The lowest BCUT2D eigenvalue weighted by atomic mass is 9.95. The summed E-state index contributed by atoms with van der Waals surface area (Å²) in [7, 11) is 0. The van der Waals surface area contributed by atoms with Crippen LogP contribution in [0.25, 0.3) is 0 Å². The van der Waals surface area contributed by atoms with Crippen molar-refractivity contribution in [3.05, 3.63) is 35.4 Å². The van der Waals surface area contributed by atoms with E-state index >= 15 is 0 Å². The van der Waals surface area contributed by atoms with Gasteiger partial charge >= 0.3 is 0 Å². The molecule has 1 fully saturated rings. The number of hydrogen-bond acceptors (Lipinski definition) is 2. The van der Waals surface area contributed by atoms with Crippen LogP contribution in [-0.4, -0.2) is 18.0 Å². The number of halogens is 1. The first kappa shape index (κ1) is 12.4. The summed E-state index contributed by atoms with van der Waals surface area (Å²) in [5, 5.41) is 6.35. The average Bonchev–Trinajstić information content (AvgIpc) is 3.12. The predicted octanol–water partition coefficient (Wildman–Crippen LogP) is 1.40. The minimum Gasteiger partial charge on any atom is -0.352 e. The van der Waals surface area contributed by atoms with E-state index in [0.717, 1.165) is 25.8 Å². The third-order valence-corrected chi connectivity index (χ3v) is 3.32. The van der Waals surface area contributed by atoms with Crippen LogP contribution in [0.5, 0.6) is 0 Å². The molecule has 0 spiro atoms. The van der Waals surface area contributed by atoms with Crippen LogP contribution >= 0.6 is 12.4 Å². The van der Waals surface area contributed by atoms with E-state index in [2.05, 4.69) is 22.8 Å². The Kier molecular flexibility index (Phi) is 3.69. The molecule has 3 nitrogen and oxygen atoms in total. The molecular weight excluding hydrogens is 236 g/mol. The van der Waals surface area contributed by atoms with Crippen molar-refractivity contribution in [1.82, 2.24) is 10.6 Å². The van der Waals surface area contributed by atoms with Gasteiger partial charge < -0.3 is 10.6 Å². The molecule has 0 bridgehead atoms. The van der Waals surface area contributed by atoms with E-state index < -0.39 is 0 Å². The fourth-order valence-electron chi connectivity index (χ4n) is 2.17. The summed E-state index contributed by atoms with van der Waals surface area (Å²) in [5.74, 6) is 0.164. The maximum absolute atomic E-state index is 11.9. The Hall–Kier alpha value is -1.06. The maximum atomic E-state index is 11.9. The Morgan fingerprint density at radius 1 is 1.24 bits per heavy atom. The molecule has 17 heavy (non-hydrogen) atoms. The van der Waals surface area contributed by atoms with Crippen LogP contribution in [0.15, 0.2) is 24.3 Å². The SMILES string of the molecule is Cl.O=C(NC1CC1)[C@@H]1Cc2ccccc2CN1. The average molecular weight is 253 g/mol. The van der Waals surface area contributed by atoms with Gasteiger partial charge in [-0.1, -0.05) is 24.3 Å². The number of amides is 1.